The molecule has 0 atom stereocenters. The topological polar surface area (TPSA) is 34.6 Å². The Hall–Kier alpha value is -0.850. The number of nitrogens with zero attached hydrogens (tertiary/aromatic N) is 2. The molecule has 3 rings (SSSR count). The Morgan fingerprint density at radius 1 is 1.39 bits per heavy atom. The van der Waals surface area contributed by atoms with Crippen molar-refractivity contribution in [3.8, 4) is 5.06 Å². The third kappa shape index (κ3) is 2.20. The maximum atomic E-state index is 5.39. The van der Waals surface area contributed by atoms with Crippen LogP contribution in [0.3, 0.4) is 0 Å². The molecule has 3 heterocycles. The summed E-state index contributed by atoms with van der Waals surface area (Å²) in [4.78, 5) is 6.88. The predicted octanol–water partition coefficient (Wildman–Crippen LogP) is 2.90. The molecule has 1 aliphatic rings. The first kappa shape index (κ1) is 12.2. The van der Waals surface area contributed by atoms with E-state index in [1.165, 1.54) is 10.1 Å². The molecule has 2 aromatic heterocycles. The molecule has 18 heavy (non-hydrogen) atoms. The quantitative estimate of drug-likeness (QED) is 0.794. The van der Waals surface area contributed by atoms with Crippen LogP contribution in [0.4, 0.5) is 5.82 Å². The highest BCUT2D eigenvalue weighted by Gasteiger charge is 2.18. The summed E-state index contributed by atoms with van der Waals surface area (Å²) < 4.78 is 12.7. The Bertz CT molecular complexity index is 566. The number of halogens is 1. The van der Waals surface area contributed by atoms with Gasteiger partial charge in [-0.1, -0.05) is 11.3 Å². The number of pyridine rings is 1. The van der Waals surface area contributed by atoms with E-state index in [4.69, 9.17) is 9.47 Å². The largest absolute Gasteiger partial charge is 0.487 e. The standard InChI is InChI=1S/C12H13BrN2O2S/c1-16-10-7-8-6-9(13)14-12(11(8)18-10)15-2-4-17-5-3-15/h6-7H,2-5H2,1H3. The number of hydrogen-bond donors (Lipinski definition) is 0. The normalized spacial score (nSPS) is 16.2. The summed E-state index contributed by atoms with van der Waals surface area (Å²) in [5, 5.41) is 2.08. The number of rotatable bonds is 2. The lowest BCUT2D eigenvalue weighted by atomic mass is 10.3. The molecule has 2 aromatic rings. The highest BCUT2D eigenvalue weighted by Crippen LogP contribution is 2.38. The molecule has 0 N–H and O–H groups in total. The van der Waals surface area contributed by atoms with Crippen LogP contribution in [-0.4, -0.2) is 38.4 Å². The monoisotopic (exact) mass is 328 g/mol. The van der Waals surface area contributed by atoms with Crippen molar-refractivity contribution in [1.29, 1.82) is 0 Å². The lowest BCUT2D eigenvalue weighted by Gasteiger charge is -2.28. The molecule has 1 fully saturated rings. The minimum absolute atomic E-state index is 0.762. The molecule has 0 amide bonds. The fourth-order valence-electron chi connectivity index (χ4n) is 2.07. The van der Waals surface area contributed by atoms with E-state index in [0.717, 1.165) is 41.8 Å². The van der Waals surface area contributed by atoms with Gasteiger partial charge in [-0.2, -0.15) is 0 Å². The minimum Gasteiger partial charge on any atom is -0.487 e. The third-order valence-corrected chi connectivity index (χ3v) is 4.45. The summed E-state index contributed by atoms with van der Waals surface area (Å²) in [6, 6.07) is 4.08. The highest BCUT2D eigenvalue weighted by molar-refractivity contribution is 9.10. The van der Waals surface area contributed by atoms with Gasteiger partial charge < -0.3 is 14.4 Å². The van der Waals surface area contributed by atoms with Gasteiger partial charge in [0.15, 0.2) is 5.06 Å². The average Bonchev–Trinajstić information content (AvgIpc) is 2.81. The second kappa shape index (κ2) is 5.03. The van der Waals surface area contributed by atoms with E-state index in [1.807, 2.05) is 6.07 Å². The molecule has 4 nitrogen and oxygen atoms in total. The first-order chi connectivity index (χ1) is 8.78. The van der Waals surface area contributed by atoms with Gasteiger partial charge in [0.2, 0.25) is 0 Å². The van der Waals surface area contributed by atoms with E-state index >= 15 is 0 Å². The van der Waals surface area contributed by atoms with Crippen LogP contribution in [0.25, 0.3) is 10.1 Å². The summed E-state index contributed by atoms with van der Waals surface area (Å²) in [6.45, 7) is 3.30. The van der Waals surface area contributed by atoms with Gasteiger partial charge >= 0.3 is 0 Å². The fraction of sp³-hybridized carbons (Fsp3) is 0.417. The third-order valence-electron chi connectivity index (χ3n) is 2.94. The van der Waals surface area contributed by atoms with E-state index < -0.39 is 0 Å². The van der Waals surface area contributed by atoms with Gasteiger partial charge in [-0.25, -0.2) is 4.98 Å². The number of fused-ring (bicyclic) bond motifs is 1. The molecule has 0 unspecified atom stereocenters. The van der Waals surface area contributed by atoms with Crippen molar-refractivity contribution in [3.05, 3.63) is 16.7 Å². The van der Waals surface area contributed by atoms with Gasteiger partial charge in [-0.15, -0.1) is 0 Å². The van der Waals surface area contributed by atoms with Gasteiger partial charge in [0.25, 0.3) is 0 Å². The van der Waals surface area contributed by atoms with Crippen LogP contribution < -0.4 is 9.64 Å². The summed E-state index contributed by atoms with van der Waals surface area (Å²) >= 11 is 5.11. The second-order valence-electron chi connectivity index (χ2n) is 4.06. The number of ether oxygens (including phenoxy) is 2. The smallest absolute Gasteiger partial charge is 0.174 e. The van der Waals surface area contributed by atoms with Gasteiger partial charge in [0.05, 0.1) is 25.0 Å². The molecule has 0 radical (unpaired) electrons. The maximum Gasteiger partial charge on any atom is 0.174 e. The van der Waals surface area contributed by atoms with E-state index in [2.05, 4.69) is 31.9 Å². The van der Waals surface area contributed by atoms with Crippen molar-refractivity contribution < 1.29 is 9.47 Å². The van der Waals surface area contributed by atoms with Gasteiger partial charge in [-0.05, 0) is 28.1 Å². The second-order valence-corrected chi connectivity index (χ2v) is 5.88. The van der Waals surface area contributed by atoms with Crippen molar-refractivity contribution in [1.82, 2.24) is 4.98 Å². The van der Waals surface area contributed by atoms with Crippen LogP contribution in [0.15, 0.2) is 16.7 Å². The van der Waals surface area contributed by atoms with E-state index in [0.29, 0.717) is 0 Å². The Balaban J connectivity index is 2.10. The van der Waals surface area contributed by atoms with E-state index in [9.17, 15) is 0 Å². The minimum atomic E-state index is 0.762. The van der Waals surface area contributed by atoms with Gasteiger partial charge in [0, 0.05) is 18.5 Å². The highest BCUT2D eigenvalue weighted by atomic mass is 79.9. The SMILES string of the molecule is COc1cc2cc(Br)nc(N3CCOCC3)c2s1. The van der Waals surface area contributed by atoms with Crippen molar-refractivity contribution >= 4 is 43.2 Å². The molecular weight excluding hydrogens is 316 g/mol. The van der Waals surface area contributed by atoms with E-state index in [1.54, 1.807) is 18.4 Å². The molecule has 0 bridgehead atoms. The summed E-state index contributed by atoms with van der Waals surface area (Å²) in [7, 11) is 1.70. The number of thiophene rings is 1. The van der Waals surface area contributed by atoms with Crippen molar-refractivity contribution in [3.63, 3.8) is 0 Å². The Morgan fingerprint density at radius 2 is 2.17 bits per heavy atom. The van der Waals surface area contributed by atoms with Gasteiger partial charge in [-0.3, -0.25) is 0 Å². The zero-order valence-corrected chi connectivity index (χ0v) is 12.4. The number of methoxy groups -OCH3 is 1. The molecule has 96 valence electrons. The number of hydrogen-bond acceptors (Lipinski definition) is 5. The average molecular weight is 329 g/mol. The lowest BCUT2D eigenvalue weighted by molar-refractivity contribution is 0.122. The molecule has 1 saturated heterocycles. The first-order valence-corrected chi connectivity index (χ1v) is 7.35. The Labute approximate surface area is 118 Å². The van der Waals surface area contributed by atoms with Crippen LogP contribution >= 0.6 is 27.3 Å². The lowest BCUT2D eigenvalue weighted by Crippen LogP contribution is -2.36. The maximum absolute atomic E-state index is 5.39. The van der Waals surface area contributed by atoms with Crippen LogP contribution in [0.5, 0.6) is 5.06 Å². The molecular formula is C12H13BrN2O2S. The number of aromatic nitrogens is 1. The molecule has 0 saturated carbocycles. The fourth-order valence-corrected chi connectivity index (χ4v) is 3.45. The zero-order valence-electron chi connectivity index (χ0n) is 9.98. The van der Waals surface area contributed by atoms with Crippen molar-refractivity contribution in [2.75, 3.05) is 38.3 Å². The van der Waals surface area contributed by atoms with Crippen molar-refractivity contribution in [2.45, 2.75) is 0 Å². The van der Waals surface area contributed by atoms with Crippen LogP contribution in [-0.2, 0) is 4.74 Å². The van der Waals surface area contributed by atoms with E-state index in [-0.39, 0.29) is 0 Å². The zero-order chi connectivity index (χ0) is 12.5. The molecule has 0 aromatic carbocycles. The number of morpholine rings is 1. The van der Waals surface area contributed by atoms with Crippen LogP contribution in [0, 0.1) is 0 Å². The first-order valence-electron chi connectivity index (χ1n) is 5.74. The summed E-state index contributed by atoms with van der Waals surface area (Å²) in [6.07, 6.45) is 0. The summed E-state index contributed by atoms with van der Waals surface area (Å²) in [5.41, 5.74) is 0. The van der Waals surface area contributed by atoms with Crippen LogP contribution in [0.2, 0.25) is 0 Å². The summed E-state index contributed by atoms with van der Waals surface area (Å²) in [5.74, 6) is 1.02. The van der Waals surface area contributed by atoms with Crippen molar-refractivity contribution in [2.24, 2.45) is 0 Å². The Kier molecular flexibility index (Phi) is 3.41. The molecule has 1 aliphatic heterocycles. The molecule has 0 aliphatic carbocycles. The van der Waals surface area contributed by atoms with Gasteiger partial charge in [0.1, 0.15) is 10.4 Å². The molecule has 0 spiro atoms. The van der Waals surface area contributed by atoms with Crippen LogP contribution in [0.1, 0.15) is 0 Å². The number of anilines is 1. The predicted molar refractivity (Wildman–Crippen MR) is 76.9 cm³/mol. The Morgan fingerprint density at radius 3 is 2.89 bits per heavy atom. The molecule has 6 heteroatoms.